The molecular formula is C23H20N6OS. The van der Waals surface area contributed by atoms with Gasteiger partial charge in [0.25, 0.3) is 5.91 Å². The van der Waals surface area contributed by atoms with Gasteiger partial charge in [-0.15, -0.1) is 21.5 Å². The molecule has 7 nitrogen and oxygen atoms in total. The number of fused-ring (bicyclic) bond motifs is 1. The molecule has 31 heavy (non-hydrogen) atoms. The Morgan fingerprint density at radius 2 is 1.90 bits per heavy atom. The van der Waals surface area contributed by atoms with Crippen LogP contribution >= 0.6 is 11.3 Å². The predicted octanol–water partition coefficient (Wildman–Crippen LogP) is 4.19. The molecule has 1 atom stereocenters. The summed E-state index contributed by atoms with van der Waals surface area (Å²) in [6, 6.07) is 19.4. The van der Waals surface area contributed by atoms with E-state index in [2.05, 4.69) is 15.5 Å². The number of amides is 1. The van der Waals surface area contributed by atoms with Crippen molar-refractivity contribution in [2.24, 2.45) is 0 Å². The van der Waals surface area contributed by atoms with E-state index in [0.29, 0.717) is 23.6 Å². The first-order chi connectivity index (χ1) is 15.2. The fraction of sp³-hybridized carbons (Fsp3) is 0.130. The van der Waals surface area contributed by atoms with Crippen molar-refractivity contribution in [3.05, 3.63) is 95.4 Å². The molecule has 5 aromatic rings. The maximum atomic E-state index is 13.3. The highest BCUT2D eigenvalue weighted by atomic mass is 32.1. The number of aromatic nitrogens is 5. The summed E-state index contributed by atoms with van der Waals surface area (Å²) in [6.07, 6.45) is 3.70. The smallest absolute Gasteiger partial charge is 0.255 e. The molecule has 154 valence electrons. The normalized spacial score (nSPS) is 12.2. The Bertz CT molecular complexity index is 1320. The first-order valence-corrected chi connectivity index (χ1v) is 10.8. The van der Waals surface area contributed by atoms with Crippen LogP contribution in [-0.4, -0.2) is 30.3 Å². The Kier molecular flexibility index (Phi) is 5.05. The summed E-state index contributed by atoms with van der Waals surface area (Å²) in [6.45, 7) is 2.50. The molecule has 0 aliphatic heterocycles. The van der Waals surface area contributed by atoms with E-state index >= 15 is 0 Å². The van der Waals surface area contributed by atoms with Gasteiger partial charge in [-0.2, -0.15) is 5.10 Å². The second-order valence-corrected chi connectivity index (χ2v) is 8.18. The third kappa shape index (κ3) is 3.85. The van der Waals surface area contributed by atoms with E-state index in [1.165, 1.54) is 0 Å². The van der Waals surface area contributed by atoms with Gasteiger partial charge in [-0.05, 0) is 36.1 Å². The van der Waals surface area contributed by atoms with Crippen LogP contribution in [0.5, 0.6) is 0 Å². The number of thiophene rings is 1. The largest absolute Gasteiger partial charge is 0.342 e. The van der Waals surface area contributed by atoms with Crippen molar-refractivity contribution < 1.29 is 4.79 Å². The van der Waals surface area contributed by atoms with Gasteiger partial charge in [0.2, 0.25) is 0 Å². The van der Waals surface area contributed by atoms with Crippen molar-refractivity contribution in [1.29, 1.82) is 0 Å². The van der Waals surface area contributed by atoms with Crippen molar-refractivity contribution in [3.8, 4) is 10.6 Å². The molecule has 0 radical (unpaired) electrons. The SMILES string of the molecule is CC(NC(=O)c1cn(Cc2ccccc2)nc1-c1cccs1)c1nnc2ccccn12. The van der Waals surface area contributed by atoms with Crippen molar-refractivity contribution in [1.82, 2.24) is 29.7 Å². The zero-order valence-corrected chi connectivity index (χ0v) is 17.7. The minimum absolute atomic E-state index is 0.192. The standard InChI is InChI=1S/C23H20N6OS/c1-16(22-26-25-20-11-5-6-12-29(20)22)24-23(30)18-15-28(14-17-8-3-2-4-9-17)27-21(18)19-10-7-13-31-19/h2-13,15-16H,14H2,1H3,(H,24,30). The van der Waals surface area contributed by atoms with Crippen LogP contribution in [0, 0.1) is 0 Å². The minimum atomic E-state index is -0.321. The van der Waals surface area contributed by atoms with Crippen LogP contribution in [0.25, 0.3) is 16.2 Å². The number of nitrogens with one attached hydrogen (secondary N) is 1. The van der Waals surface area contributed by atoms with Crippen LogP contribution in [0.4, 0.5) is 0 Å². The quantitative estimate of drug-likeness (QED) is 0.440. The number of hydrogen-bond acceptors (Lipinski definition) is 5. The highest BCUT2D eigenvalue weighted by molar-refractivity contribution is 7.13. The van der Waals surface area contributed by atoms with E-state index in [-0.39, 0.29) is 11.9 Å². The number of rotatable bonds is 6. The van der Waals surface area contributed by atoms with Gasteiger partial charge in [0.15, 0.2) is 11.5 Å². The lowest BCUT2D eigenvalue weighted by Crippen LogP contribution is -2.28. The summed E-state index contributed by atoms with van der Waals surface area (Å²) in [4.78, 5) is 14.2. The molecule has 0 saturated carbocycles. The third-order valence-electron chi connectivity index (χ3n) is 5.02. The monoisotopic (exact) mass is 428 g/mol. The first kappa shape index (κ1) is 19.2. The fourth-order valence-electron chi connectivity index (χ4n) is 3.53. The van der Waals surface area contributed by atoms with E-state index in [4.69, 9.17) is 5.10 Å². The second-order valence-electron chi connectivity index (χ2n) is 7.23. The second kappa shape index (κ2) is 8.16. The Balaban J connectivity index is 1.44. The molecule has 1 unspecified atom stereocenters. The van der Waals surface area contributed by atoms with Crippen LogP contribution in [0.15, 0.2) is 78.4 Å². The average Bonchev–Trinajstić information content (AvgIpc) is 3.53. The number of nitrogens with zero attached hydrogens (tertiary/aromatic N) is 5. The minimum Gasteiger partial charge on any atom is -0.342 e. The van der Waals surface area contributed by atoms with Gasteiger partial charge in [-0.25, -0.2) is 0 Å². The lowest BCUT2D eigenvalue weighted by molar-refractivity contribution is 0.0938. The molecule has 8 heteroatoms. The van der Waals surface area contributed by atoms with Crippen LogP contribution in [0.3, 0.4) is 0 Å². The highest BCUT2D eigenvalue weighted by Gasteiger charge is 2.22. The highest BCUT2D eigenvalue weighted by Crippen LogP contribution is 2.27. The number of benzene rings is 1. The Hall–Kier alpha value is -3.78. The van der Waals surface area contributed by atoms with Gasteiger partial charge in [0, 0.05) is 12.4 Å². The van der Waals surface area contributed by atoms with Crippen molar-refractivity contribution in [2.75, 3.05) is 0 Å². The Labute approximate surface area is 183 Å². The molecule has 0 fully saturated rings. The maximum Gasteiger partial charge on any atom is 0.255 e. The zero-order valence-electron chi connectivity index (χ0n) is 16.8. The van der Waals surface area contributed by atoms with Crippen molar-refractivity contribution >= 4 is 22.9 Å². The summed E-state index contributed by atoms with van der Waals surface area (Å²) >= 11 is 1.56. The van der Waals surface area contributed by atoms with Crippen LogP contribution in [0.2, 0.25) is 0 Å². The molecule has 0 bridgehead atoms. The predicted molar refractivity (Wildman–Crippen MR) is 120 cm³/mol. The number of carbonyl (C=O) groups is 1. The molecule has 1 N–H and O–H groups in total. The summed E-state index contributed by atoms with van der Waals surface area (Å²) in [5, 5.41) is 18.2. The van der Waals surface area contributed by atoms with E-state index in [1.54, 1.807) is 11.3 Å². The van der Waals surface area contributed by atoms with Gasteiger partial charge < -0.3 is 5.32 Å². The summed E-state index contributed by atoms with van der Waals surface area (Å²) in [7, 11) is 0. The third-order valence-corrected chi connectivity index (χ3v) is 5.90. The Morgan fingerprint density at radius 3 is 2.71 bits per heavy atom. The topological polar surface area (TPSA) is 77.1 Å². The van der Waals surface area contributed by atoms with E-state index in [1.807, 2.05) is 94.4 Å². The molecule has 0 spiro atoms. The van der Waals surface area contributed by atoms with Crippen LogP contribution < -0.4 is 5.32 Å². The van der Waals surface area contributed by atoms with E-state index in [9.17, 15) is 4.79 Å². The molecule has 4 heterocycles. The molecule has 5 rings (SSSR count). The van der Waals surface area contributed by atoms with Gasteiger partial charge >= 0.3 is 0 Å². The number of hydrogen-bond donors (Lipinski definition) is 1. The van der Waals surface area contributed by atoms with E-state index < -0.39 is 0 Å². The summed E-state index contributed by atoms with van der Waals surface area (Å²) in [5.74, 6) is 0.487. The molecule has 0 aliphatic carbocycles. The molecule has 0 aliphatic rings. The molecule has 4 aromatic heterocycles. The summed E-state index contributed by atoms with van der Waals surface area (Å²) < 4.78 is 3.69. The maximum absolute atomic E-state index is 13.3. The molecule has 1 amide bonds. The van der Waals surface area contributed by atoms with Gasteiger partial charge in [0.05, 0.1) is 23.0 Å². The molecular weight excluding hydrogens is 408 g/mol. The van der Waals surface area contributed by atoms with Crippen LogP contribution in [0.1, 0.15) is 34.7 Å². The first-order valence-electron chi connectivity index (χ1n) is 9.95. The summed E-state index contributed by atoms with van der Waals surface area (Å²) in [5.41, 5.74) is 3.09. The van der Waals surface area contributed by atoms with Gasteiger partial charge in [-0.1, -0.05) is 42.5 Å². The lowest BCUT2D eigenvalue weighted by atomic mass is 10.2. The van der Waals surface area contributed by atoms with E-state index in [0.717, 1.165) is 16.1 Å². The zero-order chi connectivity index (χ0) is 21.2. The number of carbonyl (C=O) groups excluding carboxylic acids is 1. The van der Waals surface area contributed by atoms with Crippen molar-refractivity contribution in [2.45, 2.75) is 19.5 Å². The average molecular weight is 429 g/mol. The van der Waals surface area contributed by atoms with Gasteiger partial charge in [0.1, 0.15) is 5.69 Å². The molecule has 1 aromatic carbocycles. The number of pyridine rings is 1. The molecule has 0 saturated heterocycles. The van der Waals surface area contributed by atoms with Crippen LogP contribution in [-0.2, 0) is 6.54 Å². The lowest BCUT2D eigenvalue weighted by Gasteiger charge is -2.12. The fourth-order valence-corrected chi connectivity index (χ4v) is 4.25. The Morgan fingerprint density at radius 1 is 1.06 bits per heavy atom. The van der Waals surface area contributed by atoms with Crippen molar-refractivity contribution in [3.63, 3.8) is 0 Å². The van der Waals surface area contributed by atoms with Gasteiger partial charge in [-0.3, -0.25) is 13.9 Å².